The van der Waals surface area contributed by atoms with E-state index in [1.165, 1.54) is 13.8 Å². The monoisotopic (exact) mass is 269 g/mol. The standard InChI is InChI=1S/C10H18F3N3O2/c1-4-9(3,7(14)15-18)8(17)16(5-2)6-10(11,12)13/h18H,4-6H2,1-3H3,(H2,14,15). The first-order valence-electron chi connectivity index (χ1n) is 5.46. The van der Waals surface area contributed by atoms with E-state index in [1.807, 2.05) is 0 Å². The summed E-state index contributed by atoms with van der Waals surface area (Å²) < 4.78 is 37.0. The van der Waals surface area contributed by atoms with Crippen molar-refractivity contribution in [1.82, 2.24) is 4.90 Å². The molecule has 0 rings (SSSR count). The molecule has 0 aliphatic rings. The summed E-state index contributed by atoms with van der Waals surface area (Å²) in [6.07, 6.45) is -4.35. The van der Waals surface area contributed by atoms with Crippen molar-refractivity contribution in [2.75, 3.05) is 13.1 Å². The molecule has 1 unspecified atom stereocenters. The number of nitrogens with two attached hydrogens (primary N) is 1. The van der Waals surface area contributed by atoms with E-state index in [0.717, 1.165) is 0 Å². The molecule has 0 saturated heterocycles. The summed E-state index contributed by atoms with van der Waals surface area (Å²) in [6.45, 7) is 2.91. The van der Waals surface area contributed by atoms with Crippen molar-refractivity contribution in [3.05, 3.63) is 0 Å². The minimum Gasteiger partial charge on any atom is -0.409 e. The lowest BCUT2D eigenvalue weighted by Crippen LogP contribution is -2.51. The van der Waals surface area contributed by atoms with E-state index in [0.29, 0.717) is 4.90 Å². The Morgan fingerprint density at radius 1 is 1.39 bits per heavy atom. The van der Waals surface area contributed by atoms with E-state index in [-0.39, 0.29) is 13.0 Å². The molecule has 0 heterocycles. The number of halogens is 3. The highest BCUT2D eigenvalue weighted by Crippen LogP contribution is 2.26. The van der Waals surface area contributed by atoms with Gasteiger partial charge in [-0.05, 0) is 20.3 Å². The third-order valence-corrected chi connectivity index (χ3v) is 2.89. The van der Waals surface area contributed by atoms with Crippen molar-refractivity contribution >= 4 is 11.7 Å². The Morgan fingerprint density at radius 2 is 1.89 bits per heavy atom. The largest absolute Gasteiger partial charge is 0.409 e. The third kappa shape index (κ3) is 3.78. The zero-order valence-electron chi connectivity index (χ0n) is 10.6. The maximum absolute atomic E-state index is 12.3. The first kappa shape index (κ1) is 16.5. The van der Waals surface area contributed by atoms with Crippen LogP contribution in [-0.4, -0.2) is 41.1 Å². The van der Waals surface area contributed by atoms with Gasteiger partial charge in [-0.25, -0.2) is 0 Å². The second-order valence-corrected chi connectivity index (χ2v) is 4.11. The lowest BCUT2D eigenvalue weighted by Gasteiger charge is -2.32. The number of hydrogen-bond acceptors (Lipinski definition) is 3. The van der Waals surface area contributed by atoms with E-state index in [9.17, 15) is 18.0 Å². The maximum atomic E-state index is 12.3. The van der Waals surface area contributed by atoms with Gasteiger partial charge in [-0.2, -0.15) is 13.2 Å². The minimum absolute atomic E-state index is 0.105. The molecular weight excluding hydrogens is 251 g/mol. The van der Waals surface area contributed by atoms with Gasteiger partial charge in [-0.1, -0.05) is 12.1 Å². The molecule has 5 nitrogen and oxygen atoms in total. The second-order valence-electron chi connectivity index (χ2n) is 4.11. The number of carbonyl (C=O) groups is 1. The Hall–Kier alpha value is -1.47. The van der Waals surface area contributed by atoms with Crippen molar-refractivity contribution in [2.45, 2.75) is 33.4 Å². The zero-order chi connectivity index (χ0) is 14.6. The molecule has 0 radical (unpaired) electrons. The number of amidine groups is 1. The molecule has 106 valence electrons. The lowest BCUT2D eigenvalue weighted by atomic mass is 9.84. The Morgan fingerprint density at radius 3 is 2.17 bits per heavy atom. The van der Waals surface area contributed by atoms with Crippen LogP contribution in [0.4, 0.5) is 13.2 Å². The normalized spacial score (nSPS) is 16.2. The Bertz CT molecular complexity index is 331. The molecule has 0 aromatic heterocycles. The van der Waals surface area contributed by atoms with Gasteiger partial charge in [0.2, 0.25) is 5.91 Å². The number of alkyl halides is 3. The first-order chi connectivity index (χ1) is 8.12. The van der Waals surface area contributed by atoms with Gasteiger partial charge in [0.25, 0.3) is 0 Å². The molecule has 3 N–H and O–H groups in total. The van der Waals surface area contributed by atoms with E-state index in [1.54, 1.807) is 6.92 Å². The SMILES string of the molecule is CCN(CC(F)(F)F)C(=O)C(C)(CC)C(N)=NO. The van der Waals surface area contributed by atoms with Crippen LogP contribution in [0.15, 0.2) is 5.16 Å². The molecule has 18 heavy (non-hydrogen) atoms. The first-order valence-corrected chi connectivity index (χ1v) is 5.46. The summed E-state index contributed by atoms with van der Waals surface area (Å²) in [6, 6.07) is 0. The molecule has 1 amide bonds. The Kier molecular flexibility index (Phi) is 5.44. The van der Waals surface area contributed by atoms with E-state index < -0.39 is 29.9 Å². The van der Waals surface area contributed by atoms with Crippen molar-refractivity contribution in [3.63, 3.8) is 0 Å². The van der Waals surface area contributed by atoms with Crippen LogP contribution in [0, 0.1) is 5.41 Å². The zero-order valence-corrected chi connectivity index (χ0v) is 10.6. The van der Waals surface area contributed by atoms with Crippen LogP contribution in [0.1, 0.15) is 27.2 Å². The number of oxime groups is 1. The van der Waals surface area contributed by atoms with Crippen molar-refractivity contribution in [2.24, 2.45) is 16.3 Å². The molecule has 0 spiro atoms. The summed E-state index contributed by atoms with van der Waals surface area (Å²) >= 11 is 0. The van der Waals surface area contributed by atoms with Crippen LogP contribution in [0.25, 0.3) is 0 Å². The van der Waals surface area contributed by atoms with Crippen molar-refractivity contribution < 1.29 is 23.2 Å². The topological polar surface area (TPSA) is 78.9 Å². The molecule has 1 atom stereocenters. The van der Waals surface area contributed by atoms with Gasteiger partial charge in [0.05, 0.1) is 0 Å². The predicted molar refractivity (Wildman–Crippen MR) is 60.1 cm³/mol. The molecule has 0 aromatic rings. The fourth-order valence-corrected chi connectivity index (χ4v) is 1.44. The molecule has 8 heteroatoms. The highest BCUT2D eigenvalue weighted by molar-refractivity contribution is 6.06. The molecular formula is C10H18F3N3O2. The number of nitrogens with zero attached hydrogens (tertiary/aromatic N) is 2. The van der Waals surface area contributed by atoms with Crippen LogP contribution in [0.2, 0.25) is 0 Å². The van der Waals surface area contributed by atoms with Gasteiger partial charge < -0.3 is 15.8 Å². The fraction of sp³-hybridized carbons (Fsp3) is 0.800. The van der Waals surface area contributed by atoms with Gasteiger partial charge >= 0.3 is 6.18 Å². The highest BCUT2D eigenvalue weighted by atomic mass is 19.4. The van der Waals surface area contributed by atoms with Crippen molar-refractivity contribution in [1.29, 1.82) is 0 Å². The molecule has 0 fully saturated rings. The van der Waals surface area contributed by atoms with Crippen molar-refractivity contribution in [3.8, 4) is 0 Å². The fourth-order valence-electron chi connectivity index (χ4n) is 1.44. The molecule has 0 aromatic carbocycles. The molecule has 0 bridgehead atoms. The van der Waals surface area contributed by atoms with Gasteiger partial charge in [-0.3, -0.25) is 4.79 Å². The molecule has 0 saturated carbocycles. The summed E-state index contributed by atoms with van der Waals surface area (Å²) in [5.74, 6) is -1.20. The average molecular weight is 269 g/mol. The van der Waals surface area contributed by atoms with Crippen LogP contribution in [0.5, 0.6) is 0 Å². The molecule has 0 aliphatic heterocycles. The minimum atomic E-state index is -4.48. The van der Waals surface area contributed by atoms with E-state index in [2.05, 4.69) is 5.16 Å². The van der Waals surface area contributed by atoms with Crippen LogP contribution < -0.4 is 5.73 Å². The van der Waals surface area contributed by atoms with Crippen LogP contribution in [0.3, 0.4) is 0 Å². The summed E-state index contributed by atoms with van der Waals surface area (Å²) in [5.41, 5.74) is 3.96. The van der Waals surface area contributed by atoms with Crippen LogP contribution in [-0.2, 0) is 4.79 Å². The Labute approximate surface area is 103 Å². The number of rotatable bonds is 5. The van der Waals surface area contributed by atoms with Gasteiger partial charge in [0, 0.05) is 6.54 Å². The maximum Gasteiger partial charge on any atom is 0.406 e. The number of hydrogen-bond donors (Lipinski definition) is 2. The average Bonchev–Trinajstić information content (AvgIpc) is 2.31. The Balaban J connectivity index is 5.19. The predicted octanol–water partition coefficient (Wildman–Crippen LogP) is 1.56. The third-order valence-electron chi connectivity index (χ3n) is 2.89. The lowest BCUT2D eigenvalue weighted by molar-refractivity contribution is -0.164. The quantitative estimate of drug-likeness (QED) is 0.344. The number of carbonyl (C=O) groups excluding carboxylic acids is 1. The summed E-state index contributed by atoms with van der Waals surface area (Å²) in [4.78, 5) is 12.7. The summed E-state index contributed by atoms with van der Waals surface area (Å²) in [5, 5.41) is 11.3. The van der Waals surface area contributed by atoms with Gasteiger partial charge in [0.1, 0.15) is 12.0 Å². The summed E-state index contributed by atoms with van der Waals surface area (Å²) in [7, 11) is 0. The van der Waals surface area contributed by atoms with Gasteiger partial charge in [0.15, 0.2) is 5.84 Å². The van der Waals surface area contributed by atoms with Crippen LogP contribution >= 0.6 is 0 Å². The second kappa shape index (κ2) is 5.92. The smallest absolute Gasteiger partial charge is 0.406 e. The van der Waals surface area contributed by atoms with E-state index in [4.69, 9.17) is 10.9 Å². The van der Waals surface area contributed by atoms with E-state index >= 15 is 0 Å². The molecule has 0 aliphatic carbocycles. The number of amides is 1. The van der Waals surface area contributed by atoms with Gasteiger partial charge in [-0.15, -0.1) is 0 Å². The highest BCUT2D eigenvalue weighted by Gasteiger charge is 2.42.